The molecular weight excluding hydrogens is 359 g/mol. The minimum atomic E-state index is -0.769. The number of hydrogen-bond donors (Lipinski definition) is 2. The van der Waals surface area contributed by atoms with Gasteiger partial charge in [0, 0.05) is 13.0 Å². The van der Waals surface area contributed by atoms with Crippen molar-refractivity contribution < 1.29 is 14.0 Å². The molecule has 1 heterocycles. The van der Waals surface area contributed by atoms with Gasteiger partial charge in [0.1, 0.15) is 17.6 Å². The van der Waals surface area contributed by atoms with Gasteiger partial charge in [-0.05, 0) is 42.2 Å². The monoisotopic (exact) mass is 382 g/mol. The lowest BCUT2D eigenvalue weighted by Gasteiger charge is -2.20. The molecule has 0 spiro atoms. The molecule has 0 radical (unpaired) electrons. The summed E-state index contributed by atoms with van der Waals surface area (Å²) < 4.78 is 13.2. The molecule has 6 nitrogen and oxygen atoms in total. The van der Waals surface area contributed by atoms with Crippen molar-refractivity contribution in [2.75, 3.05) is 11.6 Å². The van der Waals surface area contributed by atoms with E-state index in [4.69, 9.17) is 5.73 Å². The van der Waals surface area contributed by atoms with Crippen LogP contribution in [-0.2, 0) is 9.59 Å². The van der Waals surface area contributed by atoms with Crippen molar-refractivity contribution in [1.82, 2.24) is 5.32 Å². The lowest BCUT2D eigenvalue weighted by Crippen LogP contribution is -2.40. The van der Waals surface area contributed by atoms with Gasteiger partial charge >= 0.3 is 0 Å². The van der Waals surface area contributed by atoms with E-state index in [0.29, 0.717) is 18.2 Å². The van der Waals surface area contributed by atoms with Crippen LogP contribution in [0.25, 0.3) is 0 Å². The summed E-state index contributed by atoms with van der Waals surface area (Å²) in [4.78, 5) is 24.3. The zero-order chi connectivity index (χ0) is 20.1. The summed E-state index contributed by atoms with van der Waals surface area (Å²) in [6, 6.07) is 14.8. The third-order valence-electron chi connectivity index (χ3n) is 4.82. The molecule has 146 valence electrons. The molecule has 2 aromatic carbocycles. The molecule has 0 fully saturated rings. The van der Waals surface area contributed by atoms with E-state index in [9.17, 15) is 14.0 Å². The van der Waals surface area contributed by atoms with Crippen LogP contribution < -0.4 is 16.1 Å². The van der Waals surface area contributed by atoms with Gasteiger partial charge in [-0.1, -0.05) is 37.3 Å². The molecule has 2 amide bonds. The van der Waals surface area contributed by atoms with Gasteiger partial charge in [0.2, 0.25) is 5.91 Å². The number of primary amides is 1. The van der Waals surface area contributed by atoms with Crippen LogP contribution >= 0.6 is 0 Å². The van der Waals surface area contributed by atoms with Gasteiger partial charge in [0.15, 0.2) is 0 Å². The van der Waals surface area contributed by atoms with Crippen molar-refractivity contribution in [2.24, 2.45) is 10.8 Å². The number of nitrogens with zero attached hydrogens (tertiary/aromatic N) is 2. The number of nitrogens with two attached hydrogens (primary N) is 1. The van der Waals surface area contributed by atoms with Crippen LogP contribution in [0.4, 0.5) is 10.1 Å². The maximum absolute atomic E-state index is 13.2. The number of benzene rings is 2. The van der Waals surface area contributed by atoms with Crippen molar-refractivity contribution in [1.29, 1.82) is 0 Å². The molecule has 3 rings (SSSR count). The quantitative estimate of drug-likeness (QED) is 0.771. The van der Waals surface area contributed by atoms with Crippen molar-refractivity contribution in [3.05, 3.63) is 66.0 Å². The van der Waals surface area contributed by atoms with Crippen LogP contribution in [0.2, 0.25) is 0 Å². The highest BCUT2D eigenvalue weighted by Gasteiger charge is 2.34. The fourth-order valence-electron chi connectivity index (χ4n) is 3.15. The molecule has 1 aliphatic heterocycles. The third kappa shape index (κ3) is 4.54. The molecule has 7 heteroatoms. The van der Waals surface area contributed by atoms with Crippen molar-refractivity contribution in [3.8, 4) is 0 Å². The van der Waals surface area contributed by atoms with Crippen LogP contribution in [0.3, 0.4) is 0 Å². The number of halogens is 1. The highest BCUT2D eigenvalue weighted by molar-refractivity contribution is 6.40. The fourth-order valence-corrected chi connectivity index (χ4v) is 3.15. The van der Waals surface area contributed by atoms with Crippen LogP contribution in [0.1, 0.15) is 31.2 Å². The van der Waals surface area contributed by atoms with E-state index < -0.39 is 17.8 Å². The summed E-state index contributed by atoms with van der Waals surface area (Å²) in [6.07, 6.45) is 0.900. The first-order valence-electron chi connectivity index (χ1n) is 9.20. The first-order chi connectivity index (χ1) is 13.5. The molecule has 3 N–H and O–H groups in total. The number of hydrogen-bond acceptors (Lipinski definition) is 4. The zero-order valence-corrected chi connectivity index (χ0v) is 15.6. The van der Waals surface area contributed by atoms with Crippen LogP contribution in [0.15, 0.2) is 59.7 Å². The predicted octanol–water partition coefficient (Wildman–Crippen LogP) is 2.56. The molecule has 2 unspecified atom stereocenters. The molecule has 28 heavy (non-hydrogen) atoms. The van der Waals surface area contributed by atoms with Gasteiger partial charge in [-0.2, -0.15) is 5.10 Å². The Labute approximate surface area is 163 Å². The molecule has 0 aromatic heterocycles. The van der Waals surface area contributed by atoms with E-state index in [-0.39, 0.29) is 18.0 Å². The Morgan fingerprint density at radius 1 is 1.21 bits per heavy atom. The van der Waals surface area contributed by atoms with Gasteiger partial charge < -0.3 is 11.1 Å². The Morgan fingerprint density at radius 2 is 1.89 bits per heavy atom. The van der Waals surface area contributed by atoms with E-state index in [0.717, 1.165) is 6.42 Å². The van der Waals surface area contributed by atoms with E-state index >= 15 is 0 Å². The smallest absolute Gasteiger partial charge is 0.267 e. The van der Waals surface area contributed by atoms with Crippen molar-refractivity contribution in [2.45, 2.75) is 31.7 Å². The molecule has 1 aliphatic rings. The molecule has 2 atom stereocenters. The average molecular weight is 382 g/mol. The number of carbonyl (C=O) groups is 2. The first-order valence-corrected chi connectivity index (χ1v) is 9.20. The Balaban J connectivity index is 1.62. The largest absolute Gasteiger partial charge is 0.368 e. The lowest BCUT2D eigenvalue weighted by molar-refractivity contribution is -0.119. The van der Waals surface area contributed by atoms with Crippen molar-refractivity contribution in [3.63, 3.8) is 0 Å². The minimum Gasteiger partial charge on any atom is -0.368 e. The minimum absolute atomic E-state index is 0.118. The van der Waals surface area contributed by atoms with Crippen molar-refractivity contribution >= 4 is 23.2 Å². The number of hydrazone groups is 1. The fraction of sp³-hybridized carbons (Fsp3) is 0.286. The summed E-state index contributed by atoms with van der Waals surface area (Å²) in [5.41, 5.74) is 7.42. The van der Waals surface area contributed by atoms with E-state index in [1.165, 1.54) is 34.8 Å². The number of nitrogens with one attached hydrogen (secondary N) is 1. The Bertz CT molecular complexity index is 868. The SMILES string of the molecule is CC(CCNC(=O)C1=NN(c2ccc(F)cc2)C(C(N)=O)C1)c1ccccc1. The summed E-state index contributed by atoms with van der Waals surface area (Å²) in [7, 11) is 0. The Kier molecular flexibility index (Phi) is 6.03. The molecule has 0 saturated carbocycles. The highest BCUT2D eigenvalue weighted by Crippen LogP contribution is 2.25. The maximum atomic E-state index is 13.2. The summed E-state index contributed by atoms with van der Waals surface area (Å²) in [6.45, 7) is 2.60. The standard InChI is InChI=1S/C21H23FN4O2/c1-14(15-5-3-2-4-6-15)11-12-24-21(28)18-13-19(20(23)27)26(25-18)17-9-7-16(22)8-10-17/h2-10,14,19H,11-13H2,1H3,(H2,23,27)(H,24,28). The number of carbonyl (C=O) groups excluding carboxylic acids is 2. The molecule has 0 aliphatic carbocycles. The highest BCUT2D eigenvalue weighted by atomic mass is 19.1. The predicted molar refractivity (Wildman–Crippen MR) is 106 cm³/mol. The molecular formula is C21H23FN4O2. The van der Waals surface area contributed by atoms with Crippen LogP contribution in [-0.4, -0.2) is 30.1 Å². The van der Waals surface area contributed by atoms with Crippen LogP contribution in [0.5, 0.6) is 0 Å². The number of amides is 2. The Hall–Kier alpha value is -3.22. The lowest BCUT2D eigenvalue weighted by atomic mass is 9.98. The van der Waals surface area contributed by atoms with E-state index in [1.807, 2.05) is 18.2 Å². The normalized spacial score (nSPS) is 17.1. The topological polar surface area (TPSA) is 87.8 Å². The second-order valence-electron chi connectivity index (χ2n) is 6.85. The van der Waals surface area contributed by atoms with Gasteiger partial charge in [-0.15, -0.1) is 0 Å². The molecule has 0 bridgehead atoms. The maximum Gasteiger partial charge on any atom is 0.267 e. The van der Waals surface area contributed by atoms with Gasteiger partial charge in [0.25, 0.3) is 5.91 Å². The van der Waals surface area contributed by atoms with Gasteiger partial charge in [0.05, 0.1) is 5.69 Å². The summed E-state index contributed by atoms with van der Waals surface area (Å²) in [5, 5.41) is 8.50. The molecule has 2 aromatic rings. The molecule has 0 saturated heterocycles. The van der Waals surface area contributed by atoms with Gasteiger partial charge in [-0.3, -0.25) is 14.6 Å². The summed E-state index contributed by atoms with van der Waals surface area (Å²) >= 11 is 0. The second-order valence-corrected chi connectivity index (χ2v) is 6.85. The second kappa shape index (κ2) is 8.65. The number of anilines is 1. The zero-order valence-electron chi connectivity index (χ0n) is 15.6. The summed E-state index contributed by atoms with van der Waals surface area (Å²) in [5.74, 6) is -1.00. The van der Waals surface area contributed by atoms with Gasteiger partial charge in [-0.25, -0.2) is 4.39 Å². The van der Waals surface area contributed by atoms with Crippen LogP contribution in [0, 0.1) is 5.82 Å². The average Bonchev–Trinajstić information content (AvgIpc) is 3.15. The first kappa shape index (κ1) is 19.5. The number of rotatable bonds is 7. The van der Waals surface area contributed by atoms with E-state index in [1.54, 1.807) is 0 Å². The Morgan fingerprint density at radius 3 is 2.54 bits per heavy atom. The third-order valence-corrected chi connectivity index (χ3v) is 4.82. The van der Waals surface area contributed by atoms with E-state index in [2.05, 4.69) is 29.5 Å².